The molecule has 17 heavy (non-hydrogen) atoms. The van der Waals surface area contributed by atoms with Gasteiger partial charge in [0.2, 0.25) is 0 Å². The zero-order valence-electron chi connectivity index (χ0n) is 10.0. The minimum atomic E-state index is -0.575. The summed E-state index contributed by atoms with van der Waals surface area (Å²) >= 11 is 5.03. The van der Waals surface area contributed by atoms with E-state index in [-0.39, 0.29) is 5.78 Å². The second-order valence-corrected chi connectivity index (χ2v) is 7.10. The summed E-state index contributed by atoms with van der Waals surface area (Å²) in [6.45, 7) is 2.19. The van der Waals surface area contributed by atoms with Crippen molar-refractivity contribution in [1.82, 2.24) is 0 Å². The lowest BCUT2D eigenvalue weighted by atomic mass is 9.74. The third-order valence-corrected chi connectivity index (χ3v) is 5.24. The number of carbonyl (C=O) groups excluding carboxylic acids is 1. The average Bonchev–Trinajstić information content (AvgIpc) is 2.63. The van der Waals surface area contributed by atoms with E-state index in [0.29, 0.717) is 12.3 Å². The van der Waals surface area contributed by atoms with Gasteiger partial charge in [0.25, 0.3) is 0 Å². The Balaban J connectivity index is 2.03. The predicted octanol–water partition coefficient (Wildman–Crippen LogP) is 3.53. The Kier molecular flexibility index (Phi) is 4.06. The van der Waals surface area contributed by atoms with Crippen molar-refractivity contribution in [3.05, 3.63) is 20.8 Å². The van der Waals surface area contributed by atoms with Crippen LogP contribution >= 0.6 is 27.3 Å². The lowest BCUT2D eigenvalue weighted by Gasteiger charge is -2.35. The van der Waals surface area contributed by atoms with Gasteiger partial charge in [0, 0.05) is 21.2 Å². The van der Waals surface area contributed by atoms with Gasteiger partial charge in [-0.2, -0.15) is 0 Å². The van der Waals surface area contributed by atoms with Crippen LogP contribution in [0.2, 0.25) is 0 Å². The fourth-order valence-electron chi connectivity index (χ4n) is 2.63. The molecule has 2 N–H and O–H groups in total. The zero-order chi connectivity index (χ0) is 12.5. The van der Waals surface area contributed by atoms with Crippen LogP contribution in [0.1, 0.15) is 37.5 Å². The van der Waals surface area contributed by atoms with Crippen molar-refractivity contribution in [2.45, 2.75) is 44.6 Å². The number of hydrogen-bond donors (Lipinski definition) is 1. The fraction of sp³-hybridized carbons (Fsp3) is 0.615. The first-order valence-corrected chi connectivity index (χ1v) is 7.72. The van der Waals surface area contributed by atoms with Crippen LogP contribution in [0.15, 0.2) is 15.9 Å². The normalized spacial score (nSPS) is 29.2. The molecule has 0 aliphatic heterocycles. The third-order valence-electron chi connectivity index (χ3n) is 3.54. The molecule has 94 valence electrons. The van der Waals surface area contributed by atoms with Gasteiger partial charge < -0.3 is 5.73 Å². The Morgan fingerprint density at radius 3 is 3.06 bits per heavy atom. The summed E-state index contributed by atoms with van der Waals surface area (Å²) in [5, 5.41) is 2.01. The van der Waals surface area contributed by atoms with Crippen molar-refractivity contribution in [2.24, 2.45) is 11.7 Å². The second kappa shape index (κ2) is 5.21. The monoisotopic (exact) mass is 315 g/mol. The number of rotatable bonds is 3. The molecule has 4 heteroatoms. The number of ketones is 1. The van der Waals surface area contributed by atoms with E-state index in [1.165, 1.54) is 6.42 Å². The highest BCUT2D eigenvalue weighted by atomic mass is 79.9. The molecule has 2 nitrogen and oxygen atoms in total. The molecule has 1 aromatic heterocycles. The van der Waals surface area contributed by atoms with Gasteiger partial charge in [-0.1, -0.05) is 19.8 Å². The van der Waals surface area contributed by atoms with Gasteiger partial charge in [0.05, 0.1) is 5.54 Å². The zero-order valence-corrected chi connectivity index (χ0v) is 12.4. The molecule has 1 aliphatic rings. The smallest absolute Gasteiger partial charge is 0.157 e. The van der Waals surface area contributed by atoms with Gasteiger partial charge in [-0.05, 0) is 40.8 Å². The van der Waals surface area contributed by atoms with Crippen LogP contribution in [0.4, 0.5) is 0 Å². The lowest BCUT2D eigenvalue weighted by molar-refractivity contribution is -0.125. The van der Waals surface area contributed by atoms with Crippen molar-refractivity contribution < 1.29 is 4.79 Å². The lowest BCUT2D eigenvalue weighted by Crippen LogP contribution is -2.51. The molecule has 1 fully saturated rings. The molecule has 1 saturated carbocycles. The summed E-state index contributed by atoms with van der Waals surface area (Å²) < 4.78 is 1.05. The Hall–Kier alpha value is -0.190. The number of thiophene rings is 1. The molecule has 2 unspecified atom stereocenters. The second-order valence-electron chi connectivity index (χ2n) is 5.19. The van der Waals surface area contributed by atoms with Gasteiger partial charge >= 0.3 is 0 Å². The topological polar surface area (TPSA) is 43.1 Å². The van der Waals surface area contributed by atoms with Gasteiger partial charge in [-0.25, -0.2) is 0 Å². The standard InChI is InChI=1S/C13H18BrNOS/c1-9-3-2-4-13(15,7-9)12(16)6-11-5-10(14)8-17-11/h5,8-9H,2-4,6-7,15H2,1H3. The first-order valence-electron chi connectivity index (χ1n) is 6.05. The first kappa shape index (κ1) is 13.2. The van der Waals surface area contributed by atoms with E-state index in [4.69, 9.17) is 5.73 Å². The minimum absolute atomic E-state index is 0.207. The number of carbonyl (C=O) groups is 1. The number of hydrogen-bond acceptors (Lipinski definition) is 3. The maximum absolute atomic E-state index is 12.3. The highest BCUT2D eigenvalue weighted by Crippen LogP contribution is 2.32. The van der Waals surface area contributed by atoms with E-state index >= 15 is 0 Å². The molecule has 0 aromatic carbocycles. The average molecular weight is 316 g/mol. The SMILES string of the molecule is CC1CCCC(N)(C(=O)Cc2cc(Br)cs2)C1. The molecular formula is C13H18BrNOS. The number of Topliss-reactive ketones (excluding diaryl/α,β-unsaturated/α-hetero) is 1. The van der Waals surface area contributed by atoms with E-state index in [1.807, 2.05) is 11.4 Å². The van der Waals surface area contributed by atoms with Crippen LogP contribution in [0.3, 0.4) is 0 Å². The Labute approximate surface area is 115 Å². The Morgan fingerprint density at radius 2 is 2.47 bits per heavy atom. The number of halogens is 1. The highest BCUT2D eigenvalue weighted by molar-refractivity contribution is 9.10. The summed E-state index contributed by atoms with van der Waals surface area (Å²) in [6.07, 6.45) is 4.47. The fourth-order valence-corrected chi connectivity index (χ4v) is 4.08. The third kappa shape index (κ3) is 3.18. The van der Waals surface area contributed by atoms with E-state index < -0.39 is 5.54 Å². The van der Waals surface area contributed by atoms with Gasteiger partial charge in [0.15, 0.2) is 5.78 Å². The van der Waals surface area contributed by atoms with E-state index in [9.17, 15) is 4.79 Å². The molecular weight excluding hydrogens is 298 g/mol. The van der Waals surface area contributed by atoms with Crippen LogP contribution in [-0.2, 0) is 11.2 Å². The Morgan fingerprint density at radius 1 is 1.71 bits per heavy atom. The van der Waals surface area contributed by atoms with Crippen molar-refractivity contribution in [1.29, 1.82) is 0 Å². The molecule has 0 spiro atoms. The molecule has 0 bridgehead atoms. The van der Waals surface area contributed by atoms with Crippen LogP contribution in [-0.4, -0.2) is 11.3 Å². The molecule has 0 amide bonds. The molecule has 1 aliphatic carbocycles. The van der Waals surface area contributed by atoms with Crippen LogP contribution < -0.4 is 5.73 Å². The van der Waals surface area contributed by atoms with E-state index in [1.54, 1.807) is 11.3 Å². The van der Waals surface area contributed by atoms with Crippen molar-refractivity contribution in [3.8, 4) is 0 Å². The molecule has 1 aromatic rings. The molecule has 2 atom stereocenters. The molecule has 1 heterocycles. The highest BCUT2D eigenvalue weighted by Gasteiger charge is 2.37. The molecule has 2 rings (SSSR count). The largest absolute Gasteiger partial charge is 0.319 e. The minimum Gasteiger partial charge on any atom is -0.319 e. The van der Waals surface area contributed by atoms with Crippen molar-refractivity contribution >= 4 is 33.0 Å². The summed E-state index contributed by atoms with van der Waals surface area (Å²) in [4.78, 5) is 13.4. The summed E-state index contributed by atoms with van der Waals surface area (Å²) in [6, 6.07) is 2.01. The maximum Gasteiger partial charge on any atom is 0.157 e. The van der Waals surface area contributed by atoms with Crippen molar-refractivity contribution in [2.75, 3.05) is 0 Å². The van der Waals surface area contributed by atoms with E-state index in [0.717, 1.165) is 28.6 Å². The summed E-state index contributed by atoms with van der Waals surface area (Å²) in [7, 11) is 0. The molecule has 0 saturated heterocycles. The predicted molar refractivity (Wildman–Crippen MR) is 75.3 cm³/mol. The maximum atomic E-state index is 12.3. The van der Waals surface area contributed by atoms with Crippen LogP contribution in [0.25, 0.3) is 0 Å². The van der Waals surface area contributed by atoms with Crippen LogP contribution in [0.5, 0.6) is 0 Å². The Bertz CT molecular complexity index is 417. The van der Waals surface area contributed by atoms with Crippen LogP contribution in [0, 0.1) is 5.92 Å². The van der Waals surface area contributed by atoms with Crippen molar-refractivity contribution in [3.63, 3.8) is 0 Å². The van der Waals surface area contributed by atoms with E-state index in [2.05, 4.69) is 22.9 Å². The van der Waals surface area contributed by atoms with Gasteiger partial charge in [-0.3, -0.25) is 4.79 Å². The quantitative estimate of drug-likeness (QED) is 0.927. The number of nitrogens with two attached hydrogens (primary N) is 1. The summed E-state index contributed by atoms with van der Waals surface area (Å²) in [5.74, 6) is 0.783. The first-order chi connectivity index (χ1) is 7.99. The summed E-state index contributed by atoms with van der Waals surface area (Å²) in [5.41, 5.74) is 5.72. The molecule has 0 radical (unpaired) electrons. The van der Waals surface area contributed by atoms with Gasteiger partial charge in [0.1, 0.15) is 0 Å². The van der Waals surface area contributed by atoms with Gasteiger partial charge in [-0.15, -0.1) is 11.3 Å².